The van der Waals surface area contributed by atoms with Gasteiger partial charge in [0.2, 0.25) is 0 Å². The second kappa shape index (κ2) is 4.43. The number of benzene rings is 1. The van der Waals surface area contributed by atoms with Crippen LogP contribution in [0, 0.1) is 12.3 Å². The third kappa shape index (κ3) is 2.24. The quantitative estimate of drug-likeness (QED) is 0.607. The molecule has 0 aliphatic rings. The first-order valence-electron chi connectivity index (χ1n) is 4.15. The molecule has 0 radical (unpaired) electrons. The van der Waals surface area contributed by atoms with Crippen LogP contribution < -0.4 is 5.30 Å². The lowest BCUT2D eigenvalue weighted by Crippen LogP contribution is -2.10. The molecule has 0 saturated carbocycles. The van der Waals surface area contributed by atoms with Crippen LogP contribution in [0.4, 0.5) is 0 Å². The van der Waals surface area contributed by atoms with Gasteiger partial charge in [0, 0.05) is 5.56 Å². The zero-order valence-corrected chi connectivity index (χ0v) is 8.70. The first kappa shape index (κ1) is 11.0. The van der Waals surface area contributed by atoms with E-state index < -0.39 is 7.60 Å². The molecule has 0 aliphatic heterocycles. The van der Waals surface area contributed by atoms with E-state index in [0.717, 1.165) is 0 Å². The number of hydrogen-bond donors (Lipinski definition) is 1. The Bertz CT molecular complexity index is 406. The van der Waals surface area contributed by atoms with Gasteiger partial charge in [-0.25, -0.2) is 0 Å². The lowest BCUT2D eigenvalue weighted by molar-refractivity contribution is 0.284. The Morgan fingerprint density at radius 3 is 2.79 bits per heavy atom. The average Bonchev–Trinajstić information content (AvgIpc) is 2.18. The topological polar surface area (TPSA) is 46.5 Å². The predicted octanol–water partition coefficient (Wildman–Crippen LogP) is 1.52. The molecule has 74 valence electrons. The highest BCUT2D eigenvalue weighted by Crippen LogP contribution is 2.41. The van der Waals surface area contributed by atoms with Crippen LogP contribution in [-0.2, 0) is 9.09 Å². The highest BCUT2D eigenvalue weighted by molar-refractivity contribution is 7.61. The van der Waals surface area contributed by atoms with Gasteiger partial charge >= 0.3 is 7.60 Å². The molecule has 1 unspecified atom stereocenters. The second-order valence-corrected chi connectivity index (χ2v) is 4.38. The van der Waals surface area contributed by atoms with Crippen LogP contribution in [-0.4, -0.2) is 11.5 Å². The summed E-state index contributed by atoms with van der Waals surface area (Å²) in [6.45, 7) is 1.83. The van der Waals surface area contributed by atoms with Gasteiger partial charge in [0.05, 0.1) is 11.9 Å². The van der Waals surface area contributed by atoms with Crippen LogP contribution >= 0.6 is 7.60 Å². The molecule has 1 rings (SSSR count). The molecule has 1 atom stereocenters. The van der Waals surface area contributed by atoms with Gasteiger partial charge in [-0.1, -0.05) is 18.1 Å². The molecule has 0 heterocycles. The van der Waals surface area contributed by atoms with Crippen molar-refractivity contribution in [2.75, 3.05) is 6.61 Å². The molecule has 1 aromatic carbocycles. The SMILES string of the molecule is C#Cc1ccccc1P(=O)(O)OCC. The maximum absolute atomic E-state index is 11.6. The van der Waals surface area contributed by atoms with Gasteiger partial charge in [0.15, 0.2) is 0 Å². The lowest BCUT2D eigenvalue weighted by atomic mass is 10.2. The van der Waals surface area contributed by atoms with E-state index in [0.29, 0.717) is 5.56 Å². The van der Waals surface area contributed by atoms with Gasteiger partial charge in [-0.05, 0) is 19.1 Å². The van der Waals surface area contributed by atoms with Crippen molar-refractivity contribution >= 4 is 12.9 Å². The Labute approximate surface area is 83.3 Å². The number of terminal acetylenes is 1. The van der Waals surface area contributed by atoms with Gasteiger partial charge in [0.25, 0.3) is 0 Å². The van der Waals surface area contributed by atoms with E-state index >= 15 is 0 Å². The predicted molar refractivity (Wildman–Crippen MR) is 55.5 cm³/mol. The summed E-state index contributed by atoms with van der Waals surface area (Å²) in [4.78, 5) is 9.54. The summed E-state index contributed by atoms with van der Waals surface area (Å²) in [6.07, 6.45) is 5.21. The van der Waals surface area contributed by atoms with E-state index in [2.05, 4.69) is 5.92 Å². The Hall–Kier alpha value is -1.07. The van der Waals surface area contributed by atoms with Crippen LogP contribution in [0.5, 0.6) is 0 Å². The molecule has 1 aromatic rings. The minimum Gasteiger partial charge on any atom is -0.321 e. The largest absolute Gasteiger partial charge is 0.360 e. The fourth-order valence-corrected chi connectivity index (χ4v) is 2.29. The maximum Gasteiger partial charge on any atom is 0.360 e. The minimum absolute atomic E-state index is 0.173. The van der Waals surface area contributed by atoms with E-state index in [1.54, 1.807) is 25.1 Å². The molecule has 0 aliphatic carbocycles. The summed E-state index contributed by atoms with van der Waals surface area (Å²) in [5, 5.41) is 0.185. The Morgan fingerprint density at radius 1 is 1.57 bits per heavy atom. The zero-order valence-electron chi connectivity index (χ0n) is 7.80. The standard InChI is InChI=1S/C10H11O3P/c1-3-9-7-5-6-8-10(9)14(11,12)13-4-2/h1,5-8H,4H2,2H3,(H,11,12). The highest BCUT2D eigenvalue weighted by Gasteiger charge is 2.24. The molecule has 3 nitrogen and oxygen atoms in total. The highest BCUT2D eigenvalue weighted by atomic mass is 31.2. The summed E-state index contributed by atoms with van der Waals surface area (Å²) < 4.78 is 16.4. The van der Waals surface area contributed by atoms with Crippen molar-refractivity contribution in [3.8, 4) is 12.3 Å². The fourth-order valence-electron chi connectivity index (χ4n) is 1.09. The number of rotatable bonds is 3. The van der Waals surface area contributed by atoms with Gasteiger partial charge in [-0.2, -0.15) is 0 Å². The van der Waals surface area contributed by atoms with Crippen molar-refractivity contribution in [3.63, 3.8) is 0 Å². The van der Waals surface area contributed by atoms with Gasteiger partial charge in [0.1, 0.15) is 0 Å². The van der Waals surface area contributed by atoms with Crippen LogP contribution in [0.15, 0.2) is 24.3 Å². The lowest BCUT2D eigenvalue weighted by Gasteiger charge is -2.12. The molecule has 1 N–H and O–H groups in total. The van der Waals surface area contributed by atoms with Crippen molar-refractivity contribution in [3.05, 3.63) is 29.8 Å². The van der Waals surface area contributed by atoms with Crippen molar-refractivity contribution < 1.29 is 14.0 Å². The smallest absolute Gasteiger partial charge is 0.321 e. The molecule has 0 fully saturated rings. The van der Waals surface area contributed by atoms with Crippen molar-refractivity contribution in [1.82, 2.24) is 0 Å². The van der Waals surface area contributed by atoms with Crippen LogP contribution in [0.2, 0.25) is 0 Å². The number of hydrogen-bond acceptors (Lipinski definition) is 2. The van der Waals surface area contributed by atoms with Crippen molar-refractivity contribution in [1.29, 1.82) is 0 Å². The van der Waals surface area contributed by atoms with Crippen molar-refractivity contribution in [2.24, 2.45) is 0 Å². The van der Waals surface area contributed by atoms with E-state index in [4.69, 9.17) is 10.9 Å². The average molecular weight is 210 g/mol. The molecule has 0 aromatic heterocycles. The van der Waals surface area contributed by atoms with Gasteiger partial charge in [-0.3, -0.25) is 4.57 Å². The third-order valence-corrected chi connectivity index (χ3v) is 3.28. The summed E-state index contributed by atoms with van der Waals surface area (Å²) in [7, 11) is -3.74. The molecule has 0 bridgehead atoms. The van der Waals surface area contributed by atoms with E-state index in [9.17, 15) is 9.46 Å². The first-order chi connectivity index (χ1) is 6.61. The monoisotopic (exact) mass is 210 g/mol. The van der Waals surface area contributed by atoms with Crippen LogP contribution in [0.1, 0.15) is 12.5 Å². The maximum atomic E-state index is 11.6. The first-order valence-corrected chi connectivity index (χ1v) is 5.73. The summed E-state index contributed by atoms with van der Waals surface area (Å²) in [5.41, 5.74) is 0.395. The Balaban J connectivity index is 3.19. The van der Waals surface area contributed by atoms with Crippen LogP contribution in [0.25, 0.3) is 0 Å². The normalized spacial score (nSPS) is 14.4. The summed E-state index contributed by atoms with van der Waals surface area (Å²) in [6, 6.07) is 6.48. The fraction of sp³-hybridized carbons (Fsp3) is 0.200. The minimum atomic E-state index is -3.74. The summed E-state index contributed by atoms with van der Waals surface area (Å²) in [5.74, 6) is 2.35. The molecule has 0 saturated heterocycles. The molecule has 4 heteroatoms. The van der Waals surface area contributed by atoms with Crippen LogP contribution in [0.3, 0.4) is 0 Å². The third-order valence-electron chi connectivity index (χ3n) is 1.67. The van der Waals surface area contributed by atoms with E-state index in [1.165, 1.54) is 6.07 Å². The Kier molecular flexibility index (Phi) is 3.49. The van der Waals surface area contributed by atoms with Crippen molar-refractivity contribution in [2.45, 2.75) is 6.92 Å². The van der Waals surface area contributed by atoms with Gasteiger partial charge in [-0.15, -0.1) is 6.42 Å². The molecule has 14 heavy (non-hydrogen) atoms. The van der Waals surface area contributed by atoms with Gasteiger partial charge < -0.3 is 9.42 Å². The molecular weight excluding hydrogens is 199 g/mol. The second-order valence-electron chi connectivity index (χ2n) is 2.60. The molecule has 0 amide bonds. The van der Waals surface area contributed by atoms with E-state index in [1.807, 2.05) is 0 Å². The summed E-state index contributed by atoms with van der Waals surface area (Å²) >= 11 is 0. The zero-order chi connectivity index (χ0) is 10.6. The Morgan fingerprint density at radius 2 is 2.21 bits per heavy atom. The molecular formula is C10H11O3P. The molecule has 0 spiro atoms. The van der Waals surface area contributed by atoms with E-state index in [-0.39, 0.29) is 11.9 Å².